The molecule has 3 rings (SSSR count). The Morgan fingerprint density at radius 3 is 2.54 bits per heavy atom. The Labute approximate surface area is 212 Å². The molecule has 0 aliphatic carbocycles. The van der Waals surface area contributed by atoms with Gasteiger partial charge in [0, 0.05) is 17.7 Å². The van der Waals surface area contributed by atoms with Crippen LogP contribution in [0.2, 0.25) is 0 Å². The van der Waals surface area contributed by atoms with E-state index < -0.39 is 35.6 Å². The highest BCUT2D eigenvalue weighted by molar-refractivity contribution is 7.09. The second-order valence-electron chi connectivity index (χ2n) is 11.3. The molecule has 0 aromatic carbocycles. The summed E-state index contributed by atoms with van der Waals surface area (Å²) in [5, 5.41) is 24.6. The number of aliphatic hydroxyl groups excluding tert-OH is 2. The smallest absolute Gasteiger partial charge is 0.309 e. The van der Waals surface area contributed by atoms with E-state index in [1.54, 1.807) is 32.1 Å². The second kappa shape index (κ2) is 10.8. The quantitative estimate of drug-likeness (QED) is 0.449. The van der Waals surface area contributed by atoms with E-state index in [2.05, 4.69) is 11.9 Å². The van der Waals surface area contributed by atoms with Gasteiger partial charge in [0.15, 0.2) is 0 Å². The van der Waals surface area contributed by atoms with Crippen molar-refractivity contribution in [2.24, 2.45) is 17.3 Å². The van der Waals surface area contributed by atoms with Gasteiger partial charge in [-0.1, -0.05) is 34.1 Å². The highest BCUT2D eigenvalue weighted by atomic mass is 32.1. The average molecular weight is 508 g/mol. The van der Waals surface area contributed by atoms with Gasteiger partial charge in [0.1, 0.15) is 11.9 Å². The Balaban J connectivity index is 1.85. The molecule has 1 aromatic heterocycles. The van der Waals surface area contributed by atoms with Crippen LogP contribution < -0.4 is 0 Å². The van der Waals surface area contributed by atoms with Gasteiger partial charge in [-0.2, -0.15) is 0 Å². The molecular weight excluding hydrogens is 466 g/mol. The van der Waals surface area contributed by atoms with Crippen molar-refractivity contribution < 1.29 is 29.3 Å². The third-order valence-corrected chi connectivity index (χ3v) is 8.72. The van der Waals surface area contributed by atoms with E-state index in [1.165, 1.54) is 0 Å². The lowest BCUT2D eigenvalue weighted by Gasteiger charge is -2.34. The molecule has 1 unspecified atom stereocenters. The molecule has 2 aliphatic heterocycles. The van der Waals surface area contributed by atoms with Gasteiger partial charge < -0.3 is 19.7 Å². The largest absolute Gasteiger partial charge is 0.458 e. The van der Waals surface area contributed by atoms with Crippen LogP contribution in [-0.4, -0.2) is 57.0 Å². The van der Waals surface area contributed by atoms with Crippen LogP contribution in [0.5, 0.6) is 0 Å². The molecule has 0 amide bonds. The molecule has 7 nitrogen and oxygen atoms in total. The number of hydrogen-bond acceptors (Lipinski definition) is 8. The van der Waals surface area contributed by atoms with E-state index in [9.17, 15) is 19.8 Å². The molecule has 2 fully saturated rings. The zero-order valence-electron chi connectivity index (χ0n) is 22.0. The molecule has 1 aromatic rings. The molecule has 0 bridgehead atoms. The Hall–Kier alpha value is -1.61. The molecule has 0 saturated carbocycles. The molecule has 8 heteroatoms. The number of ketones is 1. The van der Waals surface area contributed by atoms with E-state index in [1.807, 2.05) is 32.2 Å². The molecule has 35 heavy (non-hydrogen) atoms. The maximum absolute atomic E-state index is 13.2. The van der Waals surface area contributed by atoms with Crippen LogP contribution in [-0.2, 0) is 19.1 Å². The van der Waals surface area contributed by atoms with Crippen molar-refractivity contribution in [1.29, 1.82) is 0 Å². The van der Waals surface area contributed by atoms with Crippen molar-refractivity contribution in [3.63, 3.8) is 0 Å². The summed E-state index contributed by atoms with van der Waals surface area (Å²) in [6.45, 7) is 12.8. The first-order chi connectivity index (χ1) is 16.2. The number of carbonyl (C=O) groups is 2. The molecular formula is C27H41NO6S. The van der Waals surface area contributed by atoms with Gasteiger partial charge in [0.2, 0.25) is 0 Å². The topological polar surface area (TPSA) is 109 Å². The molecule has 0 radical (unpaired) electrons. The van der Waals surface area contributed by atoms with Crippen molar-refractivity contribution in [2.45, 2.75) is 111 Å². The number of esters is 1. The van der Waals surface area contributed by atoms with Crippen LogP contribution in [0.1, 0.15) is 84.3 Å². The van der Waals surface area contributed by atoms with E-state index in [4.69, 9.17) is 9.47 Å². The Kier molecular flexibility index (Phi) is 8.62. The molecule has 2 aliphatic rings. The van der Waals surface area contributed by atoms with Gasteiger partial charge in [-0.05, 0) is 51.2 Å². The number of nitrogens with zero attached hydrogens (tertiary/aromatic N) is 1. The molecule has 0 spiro atoms. The van der Waals surface area contributed by atoms with Crippen molar-refractivity contribution in [3.8, 4) is 0 Å². The minimum Gasteiger partial charge on any atom is -0.458 e. The summed E-state index contributed by atoms with van der Waals surface area (Å²) in [5.74, 6) is -1.55. The summed E-state index contributed by atoms with van der Waals surface area (Å²) < 4.78 is 11.9. The van der Waals surface area contributed by atoms with Crippen LogP contribution >= 0.6 is 11.3 Å². The summed E-state index contributed by atoms with van der Waals surface area (Å²) in [6.07, 6.45) is 1.98. The number of Topliss-reactive ketones (excluding diaryl/α,β-unsaturated/α-hetero) is 1. The fourth-order valence-corrected chi connectivity index (χ4v) is 5.64. The van der Waals surface area contributed by atoms with Crippen LogP contribution in [0.25, 0.3) is 6.08 Å². The Bertz CT molecular complexity index is 955. The zero-order valence-corrected chi connectivity index (χ0v) is 22.9. The number of ether oxygens (including phenoxy) is 2. The molecule has 2 saturated heterocycles. The van der Waals surface area contributed by atoms with Crippen LogP contribution in [0.3, 0.4) is 0 Å². The fraction of sp³-hybridized carbons (Fsp3) is 0.741. The summed E-state index contributed by atoms with van der Waals surface area (Å²) in [5.41, 5.74) is 0.179. The summed E-state index contributed by atoms with van der Waals surface area (Å²) in [4.78, 5) is 30.6. The van der Waals surface area contributed by atoms with Gasteiger partial charge in [0.25, 0.3) is 0 Å². The maximum Gasteiger partial charge on any atom is 0.309 e. The molecule has 3 heterocycles. The Morgan fingerprint density at radius 2 is 1.91 bits per heavy atom. The van der Waals surface area contributed by atoms with Crippen molar-refractivity contribution in [1.82, 2.24) is 4.98 Å². The number of aromatic nitrogens is 1. The third-order valence-electron chi connectivity index (χ3n) is 7.93. The first kappa shape index (κ1) is 28.0. The van der Waals surface area contributed by atoms with Gasteiger partial charge in [0.05, 0.1) is 46.5 Å². The Morgan fingerprint density at radius 1 is 1.23 bits per heavy atom. The lowest BCUT2D eigenvalue weighted by molar-refractivity contribution is -0.154. The predicted octanol–water partition coefficient (Wildman–Crippen LogP) is 4.48. The fourth-order valence-electron chi connectivity index (χ4n) is 5.07. The van der Waals surface area contributed by atoms with Crippen LogP contribution in [0, 0.1) is 24.2 Å². The van der Waals surface area contributed by atoms with Crippen LogP contribution in [0.15, 0.2) is 11.0 Å². The van der Waals surface area contributed by atoms with Gasteiger partial charge in [-0.3, -0.25) is 9.59 Å². The summed E-state index contributed by atoms with van der Waals surface area (Å²) in [6, 6.07) is 0. The highest BCUT2D eigenvalue weighted by Crippen LogP contribution is 2.45. The number of thiazole rings is 1. The van der Waals surface area contributed by atoms with Crippen molar-refractivity contribution in [2.75, 3.05) is 0 Å². The SMILES string of the molecule is C/C(=C\c1csc(C)n1)[C@@H]1C[C@@H]2O[C@]2(C)CCC[C@H](C)C(O)[C@@H](C)C(=O)C(C)(C)[C@@H](O)CC(=O)O1. The number of rotatable bonds is 2. The van der Waals surface area contributed by atoms with Crippen molar-refractivity contribution >= 4 is 29.2 Å². The summed E-state index contributed by atoms with van der Waals surface area (Å²) >= 11 is 1.56. The van der Waals surface area contributed by atoms with Crippen LogP contribution in [0.4, 0.5) is 0 Å². The number of epoxide rings is 1. The van der Waals surface area contributed by atoms with Gasteiger partial charge in [-0.25, -0.2) is 4.98 Å². The van der Waals surface area contributed by atoms with Gasteiger partial charge >= 0.3 is 5.97 Å². The zero-order chi connectivity index (χ0) is 26.1. The van der Waals surface area contributed by atoms with Crippen molar-refractivity contribution in [3.05, 3.63) is 21.7 Å². The first-order valence-corrected chi connectivity index (χ1v) is 13.5. The number of cyclic esters (lactones) is 1. The number of aryl methyl sites for hydroxylation is 1. The average Bonchev–Trinajstić information content (AvgIpc) is 3.22. The number of hydrogen-bond donors (Lipinski definition) is 2. The lowest BCUT2D eigenvalue weighted by atomic mass is 9.73. The molecule has 196 valence electrons. The van der Waals surface area contributed by atoms with E-state index in [0.29, 0.717) is 6.42 Å². The second-order valence-corrected chi connectivity index (χ2v) is 12.3. The number of carbonyl (C=O) groups excluding carboxylic acids is 2. The molecule has 2 N–H and O–H groups in total. The normalized spacial score (nSPS) is 37.5. The lowest BCUT2D eigenvalue weighted by Crippen LogP contribution is -2.45. The van der Waals surface area contributed by atoms with E-state index in [0.717, 1.165) is 35.5 Å². The maximum atomic E-state index is 13.2. The van der Waals surface area contributed by atoms with E-state index >= 15 is 0 Å². The van der Waals surface area contributed by atoms with E-state index in [-0.39, 0.29) is 29.8 Å². The highest BCUT2D eigenvalue weighted by Gasteiger charge is 2.53. The minimum absolute atomic E-state index is 0.0455. The minimum atomic E-state index is -1.23. The third kappa shape index (κ3) is 6.59. The van der Waals surface area contributed by atoms with Gasteiger partial charge in [-0.15, -0.1) is 11.3 Å². The summed E-state index contributed by atoms with van der Waals surface area (Å²) in [7, 11) is 0. The number of fused-ring (bicyclic) bond motifs is 1. The molecule has 7 atom stereocenters. The number of aliphatic hydroxyl groups is 2. The standard InChI is InChI=1S/C27H41NO6S/c1-15-9-8-10-27(7)22(34-27)12-20(16(2)11-19-14-35-18(4)28-19)33-23(30)13-21(29)26(5,6)25(32)17(3)24(15)31/h11,14-15,17,20-22,24,29,31H,8-10,12-13H2,1-7H3/b16-11+/t15-,17+,20-,21-,22-,24?,27+/m0/s1. The monoisotopic (exact) mass is 507 g/mol. The predicted molar refractivity (Wildman–Crippen MR) is 136 cm³/mol. The first-order valence-electron chi connectivity index (χ1n) is 12.6.